The molecule has 6 nitrogen and oxygen atoms in total. The molecule has 0 saturated carbocycles. The maximum absolute atomic E-state index is 12.5. The minimum absolute atomic E-state index is 0.185. The van der Waals surface area contributed by atoms with Crippen LogP contribution in [0.15, 0.2) is 24.3 Å². The van der Waals surface area contributed by atoms with Crippen molar-refractivity contribution >= 4 is 12.0 Å². The highest BCUT2D eigenvalue weighted by Gasteiger charge is 2.28. The quantitative estimate of drug-likeness (QED) is 0.887. The fraction of sp³-hybridized carbons (Fsp3) is 0.556. The van der Waals surface area contributed by atoms with Gasteiger partial charge in [-0.25, -0.2) is 9.59 Å². The van der Waals surface area contributed by atoms with Crippen molar-refractivity contribution in [1.82, 2.24) is 15.1 Å². The Labute approximate surface area is 142 Å². The summed E-state index contributed by atoms with van der Waals surface area (Å²) in [6, 6.07) is 7.42. The third-order valence-corrected chi connectivity index (χ3v) is 4.86. The van der Waals surface area contributed by atoms with Gasteiger partial charge in [0, 0.05) is 38.8 Å². The Hall–Kier alpha value is -2.08. The molecule has 24 heavy (non-hydrogen) atoms. The van der Waals surface area contributed by atoms with Gasteiger partial charge in [0.2, 0.25) is 0 Å². The molecular formula is C18H25N3O3. The van der Waals surface area contributed by atoms with Gasteiger partial charge in [-0.2, -0.15) is 0 Å². The number of nitrogens with zero attached hydrogens (tertiary/aromatic N) is 2. The predicted octanol–water partition coefficient (Wildman–Crippen LogP) is 2.15. The summed E-state index contributed by atoms with van der Waals surface area (Å²) in [5, 5.41) is 12.4. The Kier molecular flexibility index (Phi) is 5.35. The normalized spacial score (nSPS) is 21.1. The number of urea groups is 1. The maximum Gasteiger partial charge on any atom is 0.335 e. The number of carbonyl (C=O) groups is 2. The van der Waals surface area contributed by atoms with E-state index in [4.69, 9.17) is 5.11 Å². The second-order valence-electron chi connectivity index (χ2n) is 6.64. The van der Waals surface area contributed by atoms with Gasteiger partial charge in [-0.1, -0.05) is 12.1 Å². The summed E-state index contributed by atoms with van der Waals surface area (Å²) in [7, 11) is 0. The Balaban J connectivity index is 1.50. The fourth-order valence-electron chi connectivity index (χ4n) is 3.45. The molecule has 2 aliphatic rings. The van der Waals surface area contributed by atoms with E-state index in [2.05, 4.69) is 5.32 Å². The van der Waals surface area contributed by atoms with E-state index in [1.165, 1.54) is 0 Å². The minimum atomic E-state index is -0.905. The zero-order valence-electron chi connectivity index (χ0n) is 13.9. The average molecular weight is 331 g/mol. The molecule has 3 rings (SSSR count). The van der Waals surface area contributed by atoms with E-state index in [9.17, 15) is 9.59 Å². The fourth-order valence-corrected chi connectivity index (χ4v) is 3.45. The average Bonchev–Trinajstić information content (AvgIpc) is 3.14. The van der Waals surface area contributed by atoms with Crippen molar-refractivity contribution in [3.63, 3.8) is 0 Å². The lowest BCUT2D eigenvalue weighted by Crippen LogP contribution is -2.51. The molecule has 0 aromatic heterocycles. The lowest BCUT2D eigenvalue weighted by molar-refractivity contribution is 0.0697. The highest BCUT2D eigenvalue weighted by molar-refractivity contribution is 5.87. The van der Waals surface area contributed by atoms with Gasteiger partial charge >= 0.3 is 12.0 Å². The van der Waals surface area contributed by atoms with Crippen LogP contribution in [0.3, 0.4) is 0 Å². The Morgan fingerprint density at radius 1 is 1.04 bits per heavy atom. The Bertz CT molecular complexity index is 582. The van der Waals surface area contributed by atoms with Crippen LogP contribution in [-0.2, 0) is 6.54 Å². The number of carboxylic acid groups (broad SMARTS) is 1. The van der Waals surface area contributed by atoms with Crippen LogP contribution >= 0.6 is 0 Å². The van der Waals surface area contributed by atoms with Crippen molar-refractivity contribution in [2.75, 3.05) is 26.2 Å². The SMILES string of the molecule is O=C(O)c1ccc(CNC2CCCN(C(=O)N3CCCC3)C2)cc1. The van der Waals surface area contributed by atoms with Gasteiger partial charge in [0.1, 0.15) is 0 Å². The number of aromatic carboxylic acids is 1. The van der Waals surface area contributed by atoms with Gasteiger partial charge in [0.25, 0.3) is 0 Å². The Morgan fingerprint density at radius 3 is 2.38 bits per heavy atom. The van der Waals surface area contributed by atoms with E-state index in [1.807, 2.05) is 21.9 Å². The molecule has 6 heteroatoms. The number of carbonyl (C=O) groups excluding carboxylic acids is 1. The topological polar surface area (TPSA) is 72.9 Å². The van der Waals surface area contributed by atoms with E-state index >= 15 is 0 Å². The van der Waals surface area contributed by atoms with Crippen LogP contribution < -0.4 is 5.32 Å². The standard InChI is InChI=1S/C18H25N3O3/c22-17(23)15-7-5-14(6-8-15)12-19-16-4-3-11-21(13-16)18(24)20-9-1-2-10-20/h5-8,16,19H,1-4,9-13H2,(H,22,23). The lowest BCUT2D eigenvalue weighted by Gasteiger charge is -2.35. The van der Waals surface area contributed by atoms with E-state index in [0.29, 0.717) is 18.2 Å². The van der Waals surface area contributed by atoms with Crippen LogP contribution in [0.5, 0.6) is 0 Å². The van der Waals surface area contributed by atoms with Gasteiger partial charge in [-0.3, -0.25) is 0 Å². The number of hydrogen-bond donors (Lipinski definition) is 2. The maximum atomic E-state index is 12.5. The molecular weight excluding hydrogens is 306 g/mol. The molecule has 2 amide bonds. The smallest absolute Gasteiger partial charge is 0.335 e. The summed E-state index contributed by atoms with van der Waals surface area (Å²) in [5.74, 6) is -0.905. The lowest BCUT2D eigenvalue weighted by atomic mass is 10.1. The molecule has 0 spiro atoms. The highest BCUT2D eigenvalue weighted by atomic mass is 16.4. The molecule has 1 atom stereocenters. The van der Waals surface area contributed by atoms with Gasteiger partial charge in [0.05, 0.1) is 5.56 Å². The first-order valence-electron chi connectivity index (χ1n) is 8.73. The van der Waals surface area contributed by atoms with Gasteiger partial charge in [-0.05, 0) is 43.4 Å². The summed E-state index contributed by atoms with van der Waals surface area (Å²) >= 11 is 0. The Morgan fingerprint density at radius 2 is 1.71 bits per heavy atom. The minimum Gasteiger partial charge on any atom is -0.478 e. The van der Waals surface area contributed by atoms with E-state index in [-0.39, 0.29) is 6.03 Å². The summed E-state index contributed by atoms with van der Waals surface area (Å²) in [6.07, 6.45) is 4.33. The second kappa shape index (κ2) is 7.66. The van der Waals surface area contributed by atoms with Crippen molar-refractivity contribution in [1.29, 1.82) is 0 Å². The summed E-state index contributed by atoms with van der Waals surface area (Å²) in [4.78, 5) is 27.3. The van der Waals surface area contributed by atoms with Crippen molar-refractivity contribution in [3.05, 3.63) is 35.4 Å². The van der Waals surface area contributed by atoms with Gasteiger partial charge in [-0.15, -0.1) is 0 Å². The third-order valence-electron chi connectivity index (χ3n) is 4.86. The van der Waals surface area contributed by atoms with Gasteiger partial charge < -0.3 is 20.2 Å². The predicted molar refractivity (Wildman–Crippen MR) is 91.0 cm³/mol. The summed E-state index contributed by atoms with van der Waals surface area (Å²) in [5.41, 5.74) is 1.36. The number of amides is 2. The number of likely N-dealkylation sites (tertiary alicyclic amines) is 2. The van der Waals surface area contributed by atoms with Crippen molar-refractivity contribution in [3.8, 4) is 0 Å². The highest BCUT2D eigenvalue weighted by Crippen LogP contribution is 2.16. The van der Waals surface area contributed by atoms with Crippen molar-refractivity contribution in [2.24, 2.45) is 0 Å². The molecule has 2 aliphatic heterocycles. The molecule has 2 heterocycles. The van der Waals surface area contributed by atoms with Crippen LogP contribution in [0.4, 0.5) is 4.79 Å². The monoisotopic (exact) mass is 331 g/mol. The number of benzene rings is 1. The van der Waals surface area contributed by atoms with Crippen LogP contribution in [0.25, 0.3) is 0 Å². The molecule has 2 fully saturated rings. The molecule has 1 unspecified atom stereocenters. The van der Waals surface area contributed by atoms with Crippen LogP contribution in [0.2, 0.25) is 0 Å². The first-order valence-corrected chi connectivity index (χ1v) is 8.73. The van der Waals surface area contributed by atoms with E-state index in [1.54, 1.807) is 12.1 Å². The molecule has 1 aromatic rings. The van der Waals surface area contributed by atoms with Crippen LogP contribution in [0.1, 0.15) is 41.6 Å². The molecule has 0 bridgehead atoms. The van der Waals surface area contributed by atoms with E-state index in [0.717, 1.165) is 57.4 Å². The number of nitrogens with one attached hydrogen (secondary N) is 1. The summed E-state index contributed by atoms with van der Waals surface area (Å²) < 4.78 is 0. The van der Waals surface area contributed by atoms with Crippen LogP contribution in [0, 0.1) is 0 Å². The molecule has 2 N–H and O–H groups in total. The first kappa shape index (κ1) is 16.8. The van der Waals surface area contributed by atoms with E-state index < -0.39 is 5.97 Å². The van der Waals surface area contributed by atoms with Crippen LogP contribution in [-0.4, -0.2) is 59.1 Å². The largest absolute Gasteiger partial charge is 0.478 e. The zero-order chi connectivity index (χ0) is 16.9. The van der Waals surface area contributed by atoms with Crippen molar-refractivity contribution < 1.29 is 14.7 Å². The molecule has 0 aliphatic carbocycles. The second-order valence-corrected chi connectivity index (χ2v) is 6.64. The number of rotatable bonds is 4. The molecule has 130 valence electrons. The first-order chi connectivity index (χ1) is 11.6. The summed E-state index contributed by atoms with van der Waals surface area (Å²) in [6.45, 7) is 4.08. The molecule has 2 saturated heterocycles. The zero-order valence-corrected chi connectivity index (χ0v) is 13.9. The number of hydrogen-bond acceptors (Lipinski definition) is 3. The number of carboxylic acids is 1. The molecule has 0 radical (unpaired) electrons. The number of piperidine rings is 1. The van der Waals surface area contributed by atoms with Crippen molar-refractivity contribution in [2.45, 2.75) is 38.3 Å². The van der Waals surface area contributed by atoms with Gasteiger partial charge in [0.15, 0.2) is 0 Å². The molecule has 1 aromatic carbocycles. The third kappa shape index (κ3) is 4.06.